The van der Waals surface area contributed by atoms with Gasteiger partial charge < -0.3 is 16.2 Å². The minimum absolute atomic E-state index is 0.308. The Kier molecular flexibility index (Phi) is 3.99. The molecule has 10 heavy (non-hydrogen) atoms. The second kappa shape index (κ2) is 4.24. The minimum Gasteiger partial charge on any atom is -0.391 e. The second-order valence-corrected chi connectivity index (χ2v) is 2.16. The molecule has 1 amide bonds. The van der Waals surface area contributed by atoms with Crippen LogP contribution in [0.25, 0.3) is 0 Å². The Morgan fingerprint density at radius 2 is 2.30 bits per heavy atom. The molecule has 0 unspecified atom stereocenters. The first-order chi connectivity index (χ1) is 4.59. The number of carbonyl (C=O) groups is 1. The van der Waals surface area contributed by atoms with E-state index in [0.717, 1.165) is 0 Å². The molecular weight excluding hydrogens is 132 g/mol. The van der Waals surface area contributed by atoms with Crippen molar-refractivity contribution in [1.29, 1.82) is 0 Å². The lowest BCUT2D eigenvalue weighted by Crippen LogP contribution is -2.47. The van der Waals surface area contributed by atoms with Gasteiger partial charge in [-0.15, -0.1) is 0 Å². The van der Waals surface area contributed by atoms with Crippen LogP contribution in [-0.2, 0) is 4.79 Å². The fourth-order valence-electron chi connectivity index (χ4n) is 0.511. The van der Waals surface area contributed by atoms with Gasteiger partial charge in [0.2, 0.25) is 5.91 Å². The lowest BCUT2D eigenvalue weighted by molar-refractivity contribution is -0.124. The maximum absolute atomic E-state index is 10.8. The Bertz CT molecular complexity index is 114. The molecule has 0 aromatic heterocycles. The normalized spacial score (nSPS) is 16.0. The van der Waals surface area contributed by atoms with Crippen molar-refractivity contribution in [2.45, 2.75) is 26.0 Å². The predicted octanol–water partition coefficient (Wildman–Crippen LogP) is -1.17. The van der Waals surface area contributed by atoms with E-state index in [1.807, 2.05) is 0 Å². The van der Waals surface area contributed by atoms with Crippen molar-refractivity contribution in [1.82, 2.24) is 5.32 Å². The number of nitrogens with two attached hydrogens (primary N) is 1. The summed E-state index contributed by atoms with van der Waals surface area (Å²) in [5, 5.41) is 11.3. The van der Waals surface area contributed by atoms with Gasteiger partial charge in [-0.05, 0) is 13.8 Å². The summed E-state index contributed by atoms with van der Waals surface area (Å²) in [7, 11) is 0. The van der Waals surface area contributed by atoms with Crippen LogP contribution in [0.2, 0.25) is 0 Å². The fraction of sp³-hybridized carbons (Fsp3) is 0.833. The van der Waals surface area contributed by atoms with E-state index in [4.69, 9.17) is 10.8 Å². The molecule has 0 aliphatic heterocycles. The zero-order chi connectivity index (χ0) is 8.15. The van der Waals surface area contributed by atoms with Crippen LogP contribution in [-0.4, -0.2) is 29.7 Å². The first-order valence-electron chi connectivity index (χ1n) is 3.31. The molecule has 4 nitrogen and oxygen atoms in total. The van der Waals surface area contributed by atoms with E-state index in [0.29, 0.717) is 6.54 Å². The van der Waals surface area contributed by atoms with E-state index in [1.165, 1.54) is 6.92 Å². The van der Waals surface area contributed by atoms with E-state index < -0.39 is 12.1 Å². The quantitative estimate of drug-likeness (QED) is 0.469. The lowest BCUT2D eigenvalue weighted by Gasteiger charge is -2.12. The van der Waals surface area contributed by atoms with Gasteiger partial charge in [-0.3, -0.25) is 4.79 Å². The second-order valence-electron chi connectivity index (χ2n) is 2.16. The number of hydrogen-bond donors (Lipinski definition) is 3. The predicted molar refractivity (Wildman–Crippen MR) is 38.3 cm³/mol. The van der Waals surface area contributed by atoms with Crippen molar-refractivity contribution in [3.63, 3.8) is 0 Å². The van der Waals surface area contributed by atoms with Crippen molar-refractivity contribution >= 4 is 5.91 Å². The third-order valence-corrected chi connectivity index (χ3v) is 1.17. The molecule has 0 aliphatic carbocycles. The van der Waals surface area contributed by atoms with Crippen LogP contribution < -0.4 is 11.1 Å². The molecule has 60 valence electrons. The van der Waals surface area contributed by atoms with Crippen LogP contribution in [0.4, 0.5) is 0 Å². The summed E-state index contributed by atoms with van der Waals surface area (Å²) in [6.45, 7) is 3.83. The van der Waals surface area contributed by atoms with Gasteiger partial charge in [0.1, 0.15) is 6.04 Å². The molecule has 2 atom stereocenters. The molecule has 0 radical (unpaired) electrons. The zero-order valence-electron chi connectivity index (χ0n) is 6.29. The third kappa shape index (κ3) is 2.80. The monoisotopic (exact) mass is 146 g/mol. The van der Waals surface area contributed by atoms with Gasteiger partial charge in [-0.25, -0.2) is 0 Å². The van der Waals surface area contributed by atoms with E-state index in [1.54, 1.807) is 6.92 Å². The first kappa shape index (κ1) is 9.39. The molecule has 0 aromatic rings. The molecule has 4 N–H and O–H groups in total. The number of amides is 1. The highest BCUT2D eigenvalue weighted by molar-refractivity contribution is 5.81. The Balaban J connectivity index is 3.71. The Morgan fingerprint density at radius 1 is 1.80 bits per heavy atom. The lowest BCUT2D eigenvalue weighted by atomic mass is 10.2. The molecule has 0 saturated heterocycles. The van der Waals surface area contributed by atoms with Crippen LogP contribution in [0.3, 0.4) is 0 Å². The smallest absolute Gasteiger partial charge is 0.239 e. The van der Waals surface area contributed by atoms with Crippen LogP contribution >= 0.6 is 0 Å². The van der Waals surface area contributed by atoms with Crippen molar-refractivity contribution in [3.8, 4) is 0 Å². The standard InChI is InChI=1S/C6H14N2O2/c1-3-8-6(10)5(7)4(2)9/h4-5,9H,3,7H2,1-2H3,(H,8,10)/t4-,5+/m1/s1. The number of aliphatic hydroxyl groups excluding tert-OH is 1. The number of carbonyl (C=O) groups excluding carboxylic acids is 1. The van der Waals surface area contributed by atoms with Gasteiger partial charge in [-0.1, -0.05) is 0 Å². The highest BCUT2D eigenvalue weighted by atomic mass is 16.3. The van der Waals surface area contributed by atoms with Gasteiger partial charge in [0.25, 0.3) is 0 Å². The number of hydrogen-bond acceptors (Lipinski definition) is 3. The van der Waals surface area contributed by atoms with Crippen LogP contribution in [0.5, 0.6) is 0 Å². The molecule has 0 bridgehead atoms. The molecule has 0 spiro atoms. The third-order valence-electron chi connectivity index (χ3n) is 1.17. The number of aliphatic hydroxyl groups is 1. The maximum atomic E-state index is 10.8. The van der Waals surface area contributed by atoms with Gasteiger partial charge in [-0.2, -0.15) is 0 Å². The van der Waals surface area contributed by atoms with E-state index in [2.05, 4.69) is 5.32 Å². The largest absolute Gasteiger partial charge is 0.391 e. The summed E-state index contributed by atoms with van der Waals surface area (Å²) in [6.07, 6.45) is -0.786. The molecule has 0 rings (SSSR count). The minimum atomic E-state index is -0.806. The summed E-state index contributed by atoms with van der Waals surface area (Å²) >= 11 is 0. The average Bonchev–Trinajstić information content (AvgIpc) is 1.87. The molecule has 0 aromatic carbocycles. The van der Waals surface area contributed by atoms with Crippen LogP contribution in [0.15, 0.2) is 0 Å². The summed E-state index contributed by atoms with van der Waals surface area (Å²) < 4.78 is 0. The number of rotatable bonds is 3. The Morgan fingerprint density at radius 3 is 2.60 bits per heavy atom. The number of likely N-dealkylation sites (N-methyl/N-ethyl adjacent to an activating group) is 1. The zero-order valence-corrected chi connectivity index (χ0v) is 6.29. The van der Waals surface area contributed by atoms with Crippen molar-refractivity contribution in [3.05, 3.63) is 0 Å². The number of nitrogens with one attached hydrogen (secondary N) is 1. The Hall–Kier alpha value is -0.610. The molecule has 0 fully saturated rings. The molecule has 4 heteroatoms. The highest BCUT2D eigenvalue weighted by Gasteiger charge is 2.16. The van der Waals surface area contributed by atoms with Crippen molar-refractivity contribution in [2.75, 3.05) is 6.54 Å². The van der Waals surface area contributed by atoms with E-state index in [-0.39, 0.29) is 5.91 Å². The van der Waals surface area contributed by atoms with Crippen molar-refractivity contribution < 1.29 is 9.90 Å². The molecule has 0 aliphatic rings. The van der Waals surface area contributed by atoms with E-state index in [9.17, 15) is 4.79 Å². The van der Waals surface area contributed by atoms with Crippen molar-refractivity contribution in [2.24, 2.45) is 5.73 Å². The van der Waals surface area contributed by atoms with Crippen LogP contribution in [0, 0.1) is 0 Å². The average molecular weight is 146 g/mol. The molecule has 0 saturated carbocycles. The van der Waals surface area contributed by atoms with Crippen LogP contribution in [0.1, 0.15) is 13.8 Å². The topological polar surface area (TPSA) is 75.4 Å². The van der Waals surface area contributed by atoms with Gasteiger partial charge in [0, 0.05) is 6.54 Å². The highest BCUT2D eigenvalue weighted by Crippen LogP contribution is 1.86. The SMILES string of the molecule is CCNC(=O)[C@@H](N)[C@@H](C)O. The van der Waals surface area contributed by atoms with E-state index >= 15 is 0 Å². The molecule has 0 heterocycles. The molecular formula is C6H14N2O2. The van der Waals surface area contributed by atoms with Gasteiger partial charge in [0.15, 0.2) is 0 Å². The maximum Gasteiger partial charge on any atom is 0.239 e. The first-order valence-corrected chi connectivity index (χ1v) is 3.31. The fourth-order valence-corrected chi connectivity index (χ4v) is 0.511. The summed E-state index contributed by atoms with van der Waals surface area (Å²) in [4.78, 5) is 10.8. The van der Waals surface area contributed by atoms with Gasteiger partial charge >= 0.3 is 0 Å². The summed E-state index contributed by atoms with van der Waals surface area (Å²) in [5.41, 5.74) is 5.28. The summed E-state index contributed by atoms with van der Waals surface area (Å²) in [6, 6.07) is -0.806. The van der Waals surface area contributed by atoms with Gasteiger partial charge in [0.05, 0.1) is 6.10 Å². The summed E-state index contributed by atoms with van der Waals surface area (Å²) in [5.74, 6) is -0.308. The Labute approximate surface area is 60.4 Å².